The van der Waals surface area contributed by atoms with Gasteiger partial charge in [-0.3, -0.25) is 14.7 Å². The minimum atomic E-state index is -0.210. The normalized spacial score (nSPS) is 15.8. The number of amides is 1. The van der Waals surface area contributed by atoms with E-state index in [2.05, 4.69) is 22.0 Å². The van der Waals surface area contributed by atoms with Crippen molar-refractivity contribution in [2.45, 2.75) is 25.4 Å². The topological polar surface area (TPSA) is 45.7 Å². The predicted octanol–water partition coefficient (Wildman–Crippen LogP) is 3.14. The number of rotatable bonds is 7. The van der Waals surface area contributed by atoms with E-state index >= 15 is 0 Å². The smallest absolute Gasteiger partial charge is 0.254 e. The van der Waals surface area contributed by atoms with E-state index in [1.807, 2.05) is 30.3 Å². The van der Waals surface area contributed by atoms with Gasteiger partial charge in [0.05, 0.1) is 18.3 Å². The number of aromatic nitrogens is 1. The van der Waals surface area contributed by atoms with E-state index in [0.29, 0.717) is 12.2 Å². The number of benzene rings is 1. The summed E-state index contributed by atoms with van der Waals surface area (Å²) < 4.78 is 5.32. The minimum Gasteiger partial charge on any atom is -0.382 e. The van der Waals surface area contributed by atoms with Gasteiger partial charge in [-0.05, 0) is 55.8 Å². The van der Waals surface area contributed by atoms with Crippen molar-refractivity contribution in [2.75, 3.05) is 33.9 Å². The van der Waals surface area contributed by atoms with Gasteiger partial charge in [-0.1, -0.05) is 18.2 Å². The molecule has 3 rings (SSSR count). The maximum Gasteiger partial charge on any atom is 0.254 e. The molecule has 1 amide bonds. The van der Waals surface area contributed by atoms with Crippen molar-refractivity contribution in [1.29, 1.82) is 0 Å². The number of hydrogen-bond donors (Lipinski definition) is 0. The number of carbonyl (C=O) groups excluding carboxylic acids is 1. The molecule has 1 aliphatic rings. The fraction of sp³-hybridized carbons (Fsp3) is 0.429. The van der Waals surface area contributed by atoms with Crippen LogP contribution in [-0.2, 0) is 11.3 Å². The second kappa shape index (κ2) is 8.92. The molecular weight excluding hydrogens is 326 g/mol. The van der Waals surface area contributed by atoms with Crippen LogP contribution in [0.3, 0.4) is 0 Å². The second-order valence-electron chi connectivity index (χ2n) is 6.82. The van der Waals surface area contributed by atoms with Crippen LogP contribution in [0.4, 0.5) is 0 Å². The number of pyridine rings is 1. The molecule has 1 saturated heterocycles. The van der Waals surface area contributed by atoms with Crippen LogP contribution in [0.5, 0.6) is 0 Å². The molecule has 1 atom stereocenters. The molecule has 0 spiro atoms. The number of likely N-dealkylation sites (N-methyl/N-ethyl adjacent to an activating group) is 1. The third-order valence-electron chi connectivity index (χ3n) is 4.95. The Labute approximate surface area is 155 Å². The molecule has 1 aromatic carbocycles. The van der Waals surface area contributed by atoms with Crippen molar-refractivity contribution in [3.05, 3.63) is 65.5 Å². The van der Waals surface area contributed by atoms with Crippen LogP contribution < -0.4 is 0 Å². The largest absolute Gasteiger partial charge is 0.382 e. The van der Waals surface area contributed by atoms with Crippen LogP contribution in [0, 0.1) is 0 Å². The van der Waals surface area contributed by atoms with Gasteiger partial charge in [0.25, 0.3) is 5.91 Å². The summed E-state index contributed by atoms with van der Waals surface area (Å²) in [5.41, 5.74) is 2.77. The van der Waals surface area contributed by atoms with Crippen molar-refractivity contribution in [1.82, 2.24) is 14.8 Å². The number of nitrogens with zero attached hydrogens (tertiary/aromatic N) is 3. The lowest BCUT2D eigenvalue weighted by Gasteiger charge is -2.27. The quantitative estimate of drug-likeness (QED) is 0.767. The highest BCUT2D eigenvalue weighted by Gasteiger charge is 2.23. The van der Waals surface area contributed by atoms with Gasteiger partial charge < -0.3 is 9.64 Å². The highest BCUT2D eigenvalue weighted by atomic mass is 16.5. The van der Waals surface area contributed by atoms with E-state index in [9.17, 15) is 4.79 Å². The summed E-state index contributed by atoms with van der Waals surface area (Å²) in [5, 5.41) is 0. The molecule has 5 nitrogen and oxygen atoms in total. The highest BCUT2D eigenvalue weighted by molar-refractivity contribution is 5.94. The molecule has 1 aromatic heterocycles. The van der Waals surface area contributed by atoms with Gasteiger partial charge in [-0.15, -0.1) is 0 Å². The fourth-order valence-electron chi connectivity index (χ4n) is 3.42. The molecule has 2 aromatic rings. The van der Waals surface area contributed by atoms with Crippen LogP contribution in [-0.4, -0.2) is 54.5 Å². The highest BCUT2D eigenvalue weighted by Crippen LogP contribution is 2.20. The van der Waals surface area contributed by atoms with E-state index < -0.39 is 0 Å². The van der Waals surface area contributed by atoms with E-state index in [4.69, 9.17) is 4.74 Å². The third-order valence-corrected chi connectivity index (χ3v) is 4.95. The first-order chi connectivity index (χ1) is 12.7. The molecule has 0 radical (unpaired) electrons. The Hall–Kier alpha value is -2.24. The Kier molecular flexibility index (Phi) is 6.36. The average molecular weight is 353 g/mol. The lowest BCUT2D eigenvalue weighted by atomic mass is 10.1. The van der Waals surface area contributed by atoms with E-state index in [-0.39, 0.29) is 11.9 Å². The van der Waals surface area contributed by atoms with Crippen LogP contribution in [0.2, 0.25) is 0 Å². The Morgan fingerprint density at radius 1 is 1.19 bits per heavy atom. The Morgan fingerprint density at radius 3 is 2.54 bits per heavy atom. The van der Waals surface area contributed by atoms with Crippen molar-refractivity contribution in [3.63, 3.8) is 0 Å². The number of likely N-dealkylation sites (tertiary alicyclic amines) is 1. The van der Waals surface area contributed by atoms with Gasteiger partial charge in [-0.2, -0.15) is 0 Å². The number of hydrogen-bond acceptors (Lipinski definition) is 4. The summed E-state index contributed by atoms with van der Waals surface area (Å²) in [6.07, 6.45) is 4.31. The molecule has 1 aliphatic heterocycles. The molecule has 0 bridgehead atoms. The standard InChI is InChI=1S/C21H27N3O2/c1-23(20(16-26-2)19-7-3-4-12-22-19)21(25)18-10-8-17(9-11-18)15-24-13-5-6-14-24/h3-4,7-12,20H,5-6,13-16H2,1-2H3/t20-/m1/s1. The molecule has 2 heterocycles. The molecule has 0 unspecified atom stereocenters. The molecule has 5 heteroatoms. The fourth-order valence-corrected chi connectivity index (χ4v) is 3.42. The summed E-state index contributed by atoms with van der Waals surface area (Å²) in [4.78, 5) is 21.5. The molecular formula is C21H27N3O2. The summed E-state index contributed by atoms with van der Waals surface area (Å²) in [6.45, 7) is 3.72. The van der Waals surface area contributed by atoms with Gasteiger partial charge in [0, 0.05) is 32.5 Å². The lowest BCUT2D eigenvalue weighted by molar-refractivity contribution is 0.0595. The van der Waals surface area contributed by atoms with Gasteiger partial charge in [0.1, 0.15) is 0 Å². The Bertz CT molecular complexity index is 697. The maximum atomic E-state index is 12.9. The van der Waals surface area contributed by atoms with Crippen LogP contribution in [0.25, 0.3) is 0 Å². The zero-order chi connectivity index (χ0) is 18.4. The molecule has 0 aliphatic carbocycles. The van der Waals surface area contributed by atoms with Crippen molar-refractivity contribution < 1.29 is 9.53 Å². The summed E-state index contributed by atoms with van der Waals surface area (Å²) in [7, 11) is 3.44. The summed E-state index contributed by atoms with van der Waals surface area (Å²) in [6, 6.07) is 13.5. The maximum absolute atomic E-state index is 12.9. The summed E-state index contributed by atoms with van der Waals surface area (Å²) >= 11 is 0. The molecule has 0 N–H and O–H groups in total. The van der Waals surface area contributed by atoms with Crippen molar-refractivity contribution >= 4 is 5.91 Å². The number of carbonyl (C=O) groups is 1. The lowest BCUT2D eigenvalue weighted by Crippen LogP contribution is -2.34. The average Bonchev–Trinajstić information content (AvgIpc) is 3.19. The molecule has 1 fully saturated rings. The van der Waals surface area contributed by atoms with E-state index in [1.54, 1.807) is 25.3 Å². The molecule has 26 heavy (non-hydrogen) atoms. The van der Waals surface area contributed by atoms with Gasteiger partial charge >= 0.3 is 0 Å². The van der Waals surface area contributed by atoms with Gasteiger partial charge in [-0.25, -0.2) is 0 Å². The van der Waals surface area contributed by atoms with Crippen molar-refractivity contribution in [3.8, 4) is 0 Å². The van der Waals surface area contributed by atoms with E-state index in [0.717, 1.165) is 12.2 Å². The van der Waals surface area contributed by atoms with Crippen LogP contribution in [0.15, 0.2) is 48.7 Å². The number of ether oxygens (including phenoxy) is 1. The first-order valence-corrected chi connectivity index (χ1v) is 9.17. The zero-order valence-corrected chi connectivity index (χ0v) is 15.6. The molecule has 0 saturated carbocycles. The number of methoxy groups -OCH3 is 1. The van der Waals surface area contributed by atoms with Crippen LogP contribution >= 0.6 is 0 Å². The van der Waals surface area contributed by atoms with E-state index in [1.165, 1.54) is 31.5 Å². The minimum absolute atomic E-state index is 0.0228. The van der Waals surface area contributed by atoms with Crippen molar-refractivity contribution in [2.24, 2.45) is 0 Å². The predicted molar refractivity (Wildman–Crippen MR) is 102 cm³/mol. The third kappa shape index (κ3) is 4.48. The van der Waals surface area contributed by atoms with Gasteiger partial charge in [0.2, 0.25) is 0 Å². The SMILES string of the molecule is COC[C@H](c1ccccn1)N(C)C(=O)c1ccc(CN2CCCC2)cc1. The summed E-state index contributed by atoms with van der Waals surface area (Å²) in [5.74, 6) is -0.0228. The Balaban J connectivity index is 1.70. The van der Waals surface area contributed by atoms with Crippen LogP contribution in [0.1, 0.15) is 40.5 Å². The Morgan fingerprint density at radius 2 is 1.92 bits per heavy atom. The molecule has 138 valence electrons. The second-order valence-corrected chi connectivity index (χ2v) is 6.82. The first-order valence-electron chi connectivity index (χ1n) is 9.17. The monoisotopic (exact) mass is 353 g/mol. The first kappa shape index (κ1) is 18.5. The van der Waals surface area contributed by atoms with Gasteiger partial charge in [0.15, 0.2) is 0 Å². The zero-order valence-electron chi connectivity index (χ0n) is 15.6.